The van der Waals surface area contributed by atoms with Gasteiger partial charge in [0.15, 0.2) is 0 Å². The number of hydrogen-bond donors (Lipinski definition) is 0. The summed E-state index contributed by atoms with van der Waals surface area (Å²) in [6, 6.07) is 7.65. The molecule has 0 heterocycles. The number of hydrogen-bond acceptors (Lipinski definition) is 1. The molecule has 0 unspecified atom stereocenters. The molecule has 0 spiro atoms. The molecule has 2 nitrogen and oxygen atoms in total. The Hall–Kier alpha value is -2.30. The number of halogens is 3. The van der Waals surface area contributed by atoms with E-state index in [0.29, 0.717) is 5.56 Å². The van der Waals surface area contributed by atoms with Crippen molar-refractivity contribution in [2.45, 2.75) is 13.5 Å². The van der Waals surface area contributed by atoms with Crippen LogP contribution in [0.4, 0.5) is 13.2 Å². The van der Waals surface area contributed by atoms with Crippen molar-refractivity contribution in [3.63, 3.8) is 0 Å². The van der Waals surface area contributed by atoms with Gasteiger partial charge in [-0.05, 0) is 24.6 Å². The zero-order valence-electron chi connectivity index (χ0n) is 11.7. The van der Waals surface area contributed by atoms with Crippen molar-refractivity contribution >= 4 is 5.91 Å². The lowest BCUT2D eigenvalue weighted by Gasteiger charge is -2.18. The van der Waals surface area contributed by atoms with Crippen LogP contribution in [-0.2, 0) is 6.54 Å². The third kappa shape index (κ3) is 3.24. The van der Waals surface area contributed by atoms with Gasteiger partial charge in [-0.25, -0.2) is 13.2 Å². The summed E-state index contributed by atoms with van der Waals surface area (Å²) in [6.45, 7) is 1.49. The van der Waals surface area contributed by atoms with Crippen molar-refractivity contribution < 1.29 is 18.0 Å². The van der Waals surface area contributed by atoms with Crippen molar-refractivity contribution in [3.05, 3.63) is 70.5 Å². The summed E-state index contributed by atoms with van der Waals surface area (Å²) in [6.07, 6.45) is 0. The van der Waals surface area contributed by atoms with Crippen LogP contribution in [0.5, 0.6) is 0 Å². The molecule has 0 aliphatic heterocycles. The van der Waals surface area contributed by atoms with Gasteiger partial charge in [0, 0.05) is 25.2 Å². The van der Waals surface area contributed by atoms with E-state index in [4.69, 9.17) is 0 Å². The lowest BCUT2D eigenvalue weighted by atomic mass is 10.1. The molecule has 0 radical (unpaired) electrons. The van der Waals surface area contributed by atoms with Crippen LogP contribution in [0.2, 0.25) is 0 Å². The zero-order chi connectivity index (χ0) is 15.6. The number of rotatable bonds is 3. The predicted molar refractivity (Wildman–Crippen MR) is 73.3 cm³/mol. The third-order valence-corrected chi connectivity index (χ3v) is 3.19. The molecule has 110 valence electrons. The molecule has 0 aliphatic carbocycles. The first kappa shape index (κ1) is 15.1. The van der Waals surface area contributed by atoms with E-state index in [1.165, 1.54) is 24.1 Å². The number of amides is 1. The van der Waals surface area contributed by atoms with Gasteiger partial charge in [-0.3, -0.25) is 4.79 Å². The minimum absolute atomic E-state index is 0.0694. The maximum atomic E-state index is 13.9. The molecule has 2 rings (SSSR count). The quantitative estimate of drug-likeness (QED) is 0.845. The van der Waals surface area contributed by atoms with Crippen LogP contribution in [0.3, 0.4) is 0 Å². The van der Waals surface area contributed by atoms with Crippen molar-refractivity contribution in [2.24, 2.45) is 0 Å². The highest BCUT2D eigenvalue weighted by atomic mass is 19.1. The topological polar surface area (TPSA) is 20.3 Å². The molecular weight excluding hydrogens is 279 g/mol. The summed E-state index contributed by atoms with van der Waals surface area (Å²) >= 11 is 0. The first-order chi connectivity index (χ1) is 9.90. The average Bonchev–Trinajstić information content (AvgIpc) is 2.44. The smallest absolute Gasteiger partial charge is 0.256 e. The van der Waals surface area contributed by atoms with Gasteiger partial charge in [0.25, 0.3) is 5.91 Å². The predicted octanol–water partition coefficient (Wildman–Crippen LogP) is 3.68. The summed E-state index contributed by atoms with van der Waals surface area (Å²) in [4.78, 5) is 13.4. The van der Waals surface area contributed by atoms with Crippen LogP contribution in [0.15, 0.2) is 36.4 Å². The first-order valence-electron chi connectivity index (χ1n) is 6.34. The maximum Gasteiger partial charge on any atom is 0.256 e. The van der Waals surface area contributed by atoms with E-state index in [0.717, 1.165) is 12.1 Å². The van der Waals surface area contributed by atoms with Gasteiger partial charge in [-0.15, -0.1) is 0 Å². The Kier molecular flexibility index (Phi) is 4.31. The summed E-state index contributed by atoms with van der Waals surface area (Å²) in [5, 5.41) is 0. The Morgan fingerprint density at radius 2 is 1.86 bits per heavy atom. The molecule has 21 heavy (non-hydrogen) atoms. The van der Waals surface area contributed by atoms with Crippen LogP contribution in [-0.4, -0.2) is 17.9 Å². The van der Waals surface area contributed by atoms with Crippen molar-refractivity contribution in [1.29, 1.82) is 0 Å². The third-order valence-electron chi connectivity index (χ3n) is 3.19. The standard InChI is InChI=1S/C16H14F3NO/c1-10-4-3-5-13(15(10)19)16(21)20(2)9-11-6-7-12(17)8-14(11)18/h3-8H,9H2,1-2H3. The van der Waals surface area contributed by atoms with E-state index in [1.807, 2.05) is 0 Å². The highest BCUT2D eigenvalue weighted by molar-refractivity contribution is 5.94. The average molecular weight is 293 g/mol. The molecule has 1 amide bonds. The minimum Gasteiger partial charge on any atom is -0.337 e. The monoisotopic (exact) mass is 293 g/mol. The molecule has 0 atom stereocenters. The van der Waals surface area contributed by atoms with Crippen LogP contribution < -0.4 is 0 Å². The second kappa shape index (κ2) is 5.99. The fourth-order valence-corrected chi connectivity index (χ4v) is 2.00. The molecule has 0 bridgehead atoms. The van der Waals surface area contributed by atoms with Crippen LogP contribution in [0.1, 0.15) is 21.5 Å². The van der Waals surface area contributed by atoms with E-state index in [9.17, 15) is 18.0 Å². The summed E-state index contributed by atoms with van der Waals surface area (Å²) < 4.78 is 40.3. The molecule has 0 saturated heterocycles. The van der Waals surface area contributed by atoms with Crippen molar-refractivity contribution in [3.8, 4) is 0 Å². The Morgan fingerprint density at radius 3 is 2.52 bits per heavy atom. The highest BCUT2D eigenvalue weighted by Crippen LogP contribution is 2.16. The van der Waals surface area contributed by atoms with Gasteiger partial charge < -0.3 is 4.90 Å². The fraction of sp³-hybridized carbons (Fsp3) is 0.188. The molecule has 2 aromatic carbocycles. The fourth-order valence-electron chi connectivity index (χ4n) is 2.00. The Morgan fingerprint density at radius 1 is 1.14 bits per heavy atom. The zero-order valence-corrected chi connectivity index (χ0v) is 11.7. The number of benzene rings is 2. The van der Waals surface area contributed by atoms with Gasteiger partial charge in [0.1, 0.15) is 17.5 Å². The molecular formula is C16H14F3NO. The van der Waals surface area contributed by atoms with Gasteiger partial charge in [-0.2, -0.15) is 0 Å². The second-order valence-corrected chi connectivity index (χ2v) is 4.83. The van der Waals surface area contributed by atoms with Crippen LogP contribution in [0, 0.1) is 24.4 Å². The van der Waals surface area contributed by atoms with Crippen molar-refractivity contribution in [1.82, 2.24) is 4.90 Å². The summed E-state index contributed by atoms with van der Waals surface area (Å²) in [7, 11) is 1.44. The number of carbonyl (C=O) groups excluding carboxylic acids is 1. The molecule has 5 heteroatoms. The highest BCUT2D eigenvalue weighted by Gasteiger charge is 2.18. The van der Waals surface area contributed by atoms with Crippen LogP contribution in [0.25, 0.3) is 0 Å². The van der Waals surface area contributed by atoms with E-state index in [-0.39, 0.29) is 17.7 Å². The number of carbonyl (C=O) groups is 1. The van der Waals surface area contributed by atoms with E-state index >= 15 is 0 Å². The van der Waals surface area contributed by atoms with Gasteiger partial charge >= 0.3 is 0 Å². The SMILES string of the molecule is Cc1cccc(C(=O)N(C)Cc2ccc(F)cc2F)c1F. The summed E-state index contributed by atoms with van der Waals surface area (Å²) in [5.41, 5.74) is 0.461. The Labute approximate surface area is 120 Å². The van der Waals surface area contributed by atoms with E-state index in [2.05, 4.69) is 0 Å². The van der Waals surface area contributed by atoms with Gasteiger partial charge in [0.2, 0.25) is 0 Å². The molecule has 0 saturated carbocycles. The molecule has 0 fully saturated rings. The molecule has 0 aromatic heterocycles. The molecule has 2 aromatic rings. The largest absolute Gasteiger partial charge is 0.337 e. The first-order valence-corrected chi connectivity index (χ1v) is 6.34. The Bertz CT molecular complexity index is 685. The number of aryl methyl sites for hydroxylation is 1. The summed E-state index contributed by atoms with van der Waals surface area (Å²) in [5.74, 6) is -2.57. The maximum absolute atomic E-state index is 13.9. The normalized spacial score (nSPS) is 10.5. The minimum atomic E-state index is -0.737. The van der Waals surface area contributed by atoms with Gasteiger partial charge in [0.05, 0.1) is 5.56 Å². The lowest BCUT2D eigenvalue weighted by molar-refractivity contribution is 0.0779. The van der Waals surface area contributed by atoms with Crippen molar-refractivity contribution in [2.75, 3.05) is 7.05 Å². The van der Waals surface area contributed by atoms with Crippen LogP contribution >= 0.6 is 0 Å². The lowest BCUT2D eigenvalue weighted by Crippen LogP contribution is -2.27. The van der Waals surface area contributed by atoms with E-state index in [1.54, 1.807) is 19.1 Å². The molecule has 0 aliphatic rings. The number of nitrogens with zero attached hydrogens (tertiary/aromatic N) is 1. The van der Waals surface area contributed by atoms with E-state index < -0.39 is 23.4 Å². The Balaban J connectivity index is 2.21. The second-order valence-electron chi connectivity index (χ2n) is 4.83. The molecule has 0 N–H and O–H groups in total. The van der Waals surface area contributed by atoms with Gasteiger partial charge in [-0.1, -0.05) is 18.2 Å².